The van der Waals surface area contributed by atoms with E-state index in [2.05, 4.69) is 47.7 Å². The molecular weight excluding hydrogens is 280 g/mol. The normalized spacial score (nSPS) is 12.6. The van der Waals surface area contributed by atoms with E-state index >= 15 is 0 Å². The first-order valence-corrected chi connectivity index (χ1v) is 8.35. The van der Waals surface area contributed by atoms with E-state index < -0.39 is 0 Å². The zero-order valence-electron chi connectivity index (χ0n) is 13.0. The first-order chi connectivity index (χ1) is 10.2. The molecule has 2 aromatic rings. The molecule has 0 aliphatic rings. The number of hydrogen-bond acceptors (Lipinski definition) is 4. The Hall–Kier alpha value is -1.39. The molecule has 0 saturated carbocycles. The third-order valence-corrected chi connectivity index (χ3v) is 4.09. The predicted octanol–water partition coefficient (Wildman–Crippen LogP) is 3.55. The van der Waals surface area contributed by atoms with Crippen molar-refractivity contribution in [3.05, 3.63) is 46.4 Å². The van der Waals surface area contributed by atoms with E-state index in [-0.39, 0.29) is 0 Å². The molecule has 0 radical (unpaired) electrons. The fourth-order valence-electron chi connectivity index (χ4n) is 2.39. The number of aromatic nitrogens is 1. The Morgan fingerprint density at radius 2 is 2.14 bits per heavy atom. The van der Waals surface area contributed by atoms with Gasteiger partial charge in [0, 0.05) is 11.4 Å². The minimum atomic E-state index is 0.508. The van der Waals surface area contributed by atoms with Gasteiger partial charge >= 0.3 is 0 Å². The van der Waals surface area contributed by atoms with Crippen LogP contribution < -0.4 is 10.1 Å². The minimum Gasteiger partial charge on any atom is -0.497 e. The second-order valence-corrected chi connectivity index (χ2v) is 6.39. The van der Waals surface area contributed by atoms with Crippen LogP contribution in [-0.2, 0) is 12.8 Å². The van der Waals surface area contributed by atoms with E-state index in [1.54, 1.807) is 18.4 Å². The second kappa shape index (κ2) is 8.15. The summed E-state index contributed by atoms with van der Waals surface area (Å²) in [5, 5.41) is 5.70. The number of hydrogen-bond donors (Lipinski definition) is 1. The van der Waals surface area contributed by atoms with Gasteiger partial charge in [-0.05, 0) is 43.0 Å². The summed E-state index contributed by atoms with van der Waals surface area (Å²) in [4.78, 5) is 4.42. The zero-order chi connectivity index (χ0) is 15.1. The Morgan fingerprint density at radius 3 is 2.81 bits per heavy atom. The fourth-order valence-corrected chi connectivity index (χ4v) is 2.96. The van der Waals surface area contributed by atoms with Crippen LogP contribution in [0.4, 0.5) is 0 Å². The topological polar surface area (TPSA) is 34.1 Å². The molecule has 4 heteroatoms. The minimum absolute atomic E-state index is 0.508. The average Bonchev–Trinajstić information content (AvgIpc) is 2.98. The van der Waals surface area contributed by atoms with Gasteiger partial charge in [0.25, 0.3) is 0 Å². The smallest absolute Gasteiger partial charge is 0.119 e. The lowest BCUT2D eigenvalue weighted by Crippen LogP contribution is -2.31. The van der Waals surface area contributed by atoms with Crippen LogP contribution in [0.5, 0.6) is 5.75 Å². The molecule has 0 spiro atoms. The lowest BCUT2D eigenvalue weighted by atomic mass is 9.94. The van der Waals surface area contributed by atoms with Gasteiger partial charge in [-0.3, -0.25) is 0 Å². The molecule has 21 heavy (non-hydrogen) atoms. The van der Waals surface area contributed by atoms with Gasteiger partial charge in [0.15, 0.2) is 0 Å². The maximum atomic E-state index is 5.31. The molecule has 3 nitrogen and oxygen atoms in total. The summed E-state index contributed by atoms with van der Waals surface area (Å²) in [5.41, 5.74) is 4.42. The van der Waals surface area contributed by atoms with Gasteiger partial charge in [-0.15, -0.1) is 11.3 Å². The van der Waals surface area contributed by atoms with E-state index in [1.165, 1.54) is 11.3 Å². The van der Waals surface area contributed by atoms with Crippen molar-refractivity contribution in [2.75, 3.05) is 13.7 Å². The van der Waals surface area contributed by atoms with Crippen molar-refractivity contribution < 1.29 is 4.74 Å². The fraction of sp³-hybridized carbons (Fsp3) is 0.471. The molecule has 114 valence electrons. The Bertz CT molecular complexity index is 525. The standard InChI is InChI=1S/C17H24N2OS/c1-13(2)18-10-15(8-16-11-21-12-19-16)7-14-5-4-6-17(9-14)20-3/h4-6,9,11-13,15,18H,7-8,10H2,1-3H3. The summed E-state index contributed by atoms with van der Waals surface area (Å²) in [6, 6.07) is 8.86. The molecule has 2 rings (SSSR count). The van der Waals surface area contributed by atoms with Crippen molar-refractivity contribution in [3.63, 3.8) is 0 Å². The number of rotatable bonds is 8. The highest BCUT2D eigenvalue weighted by molar-refractivity contribution is 7.07. The number of thiazole rings is 1. The van der Waals surface area contributed by atoms with Crippen molar-refractivity contribution in [2.24, 2.45) is 5.92 Å². The highest BCUT2D eigenvalue weighted by atomic mass is 32.1. The van der Waals surface area contributed by atoms with Gasteiger partial charge in [0.2, 0.25) is 0 Å². The largest absolute Gasteiger partial charge is 0.497 e. The molecule has 0 fully saturated rings. The van der Waals surface area contributed by atoms with Crippen LogP contribution in [0.1, 0.15) is 25.1 Å². The van der Waals surface area contributed by atoms with Crippen LogP contribution in [0.15, 0.2) is 35.2 Å². The van der Waals surface area contributed by atoms with Crippen molar-refractivity contribution in [1.29, 1.82) is 0 Å². The van der Waals surface area contributed by atoms with Gasteiger partial charge in [-0.1, -0.05) is 26.0 Å². The van der Waals surface area contributed by atoms with Gasteiger partial charge in [-0.25, -0.2) is 4.98 Å². The van der Waals surface area contributed by atoms with Crippen LogP contribution in [0, 0.1) is 5.92 Å². The third kappa shape index (κ3) is 5.48. The van der Waals surface area contributed by atoms with Crippen LogP contribution in [0.3, 0.4) is 0 Å². The molecule has 1 N–H and O–H groups in total. The number of nitrogens with one attached hydrogen (secondary N) is 1. The highest BCUT2D eigenvalue weighted by Crippen LogP contribution is 2.18. The van der Waals surface area contributed by atoms with Crippen LogP contribution in [-0.4, -0.2) is 24.7 Å². The predicted molar refractivity (Wildman–Crippen MR) is 89.1 cm³/mol. The van der Waals surface area contributed by atoms with Crippen molar-refractivity contribution in [1.82, 2.24) is 10.3 Å². The number of nitrogens with zero attached hydrogens (tertiary/aromatic N) is 1. The molecule has 1 atom stereocenters. The Kier molecular flexibility index (Phi) is 6.21. The van der Waals surface area contributed by atoms with Crippen molar-refractivity contribution >= 4 is 11.3 Å². The average molecular weight is 304 g/mol. The van der Waals surface area contributed by atoms with E-state index in [9.17, 15) is 0 Å². The Balaban J connectivity index is 2.02. The molecule has 1 unspecified atom stereocenters. The SMILES string of the molecule is COc1cccc(CC(CNC(C)C)Cc2cscn2)c1. The highest BCUT2D eigenvalue weighted by Gasteiger charge is 2.13. The summed E-state index contributed by atoms with van der Waals surface area (Å²) in [6.45, 7) is 5.38. The molecule has 1 aromatic carbocycles. The van der Waals surface area contributed by atoms with Crippen LogP contribution >= 0.6 is 11.3 Å². The van der Waals surface area contributed by atoms with Gasteiger partial charge in [0.05, 0.1) is 18.3 Å². The molecule has 1 heterocycles. The molecule has 0 bridgehead atoms. The van der Waals surface area contributed by atoms with Gasteiger partial charge < -0.3 is 10.1 Å². The van der Waals surface area contributed by atoms with Crippen molar-refractivity contribution in [3.8, 4) is 5.75 Å². The monoisotopic (exact) mass is 304 g/mol. The third-order valence-electron chi connectivity index (χ3n) is 3.45. The van der Waals surface area contributed by atoms with Gasteiger partial charge in [0.1, 0.15) is 5.75 Å². The summed E-state index contributed by atoms with van der Waals surface area (Å²) < 4.78 is 5.31. The first kappa shape index (κ1) is 16.0. The molecule has 0 amide bonds. The van der Waals surface area contributed by atoms with E-state index in [0.717, 1.165) is 25.1 Å². The molecule has 0 saturated heterocycles. The maximum Gasteiger partial charge on any atom is 0.119 e. The zero-order valence-corrected chi connectivity index (χ0v) is 13.8. The second-order valence-electron chi connectivity index (χ2n) is 5.67. The van der Waals surface area contributed by atoms with E-state index in [4.69, 9.17) is 4.74 Å². The van der Waals surface area contributed by atoms with Crippen LogP contribution in [0.25, 0.3) is 0 Å². The van der Waals surface area contributed by atoms with Crippen LogP contribution in [0.2, 0.25) is 0 Å². The summed E-state index contributed by atoms with van der Waals surface area (Å²) in [7, 11) is 1.71. The molecule has 0 aliphatic heterocycles. The number of ether oxygens (including phenoxy) is 1. The quantitative estimate of drug-likeness (QED) is 0.810. The Morgan fingerprint density at radius 1 is 1.29 bits per heavy atom. The van der Waals surface area contributed by atoms with E-state index in [1.807, 2.05) is 11.6 Å². The maximum absolute atomic E-state index is 5.31. The lowest BCUT2D eigenvalue weighted by Gasteiger charge is -2.19. The lowest BCUT2D eigenvalue weighted by molar-refractivity contribution is 0.412. The summed E-state index contributed by atoms with van der Waals surface area (Å²) in [5.74, 6) is 1.47. The molecule has 1 aromatic heterocycles. The molecular formula is C17H24N2OS. The number of methoxy groups -OCH3 is 1. The van der Waals surface area contributed by atoms with Crippen molar-refractivity contribution in [2.45, 2.75) is 32.7 Å². The summed E-state index contributed by atoms with van der Waals surface area (Å²) in [6.07, 6.45) is 2.05. The van der Waals surface area contributed by atoms with Gasteiger partial charge in [-0.2, -0.15) is 0 Å². The summed E-state index contributed by atoms with van der Waals surface area (Å²) >= 11 is 1.67. The first-order valence-electron chi connectivity index (χ1n) is 7.40. The molecule has 0 aliphatic carbocycles. The van der Waals surface area contributed by atoms with E-state index in [0.29, 0.717) is 12.0 Å². The number of benzene rings is 1. The Labute approximate surface area is 131 Å².